The fourth-order valence-electron chi connectivity index (χ4n) is 2.05. The van der Waals surface area contributed by atoms with Crippen molar-refractivity contribution in [2.45, 2.75) is 13.5 Å². The molecule has 2 aromatic rings. The summed E-state index contributed by atoms with van der Waals surface area (Å²) in [5.74, 6) is 2.09. The van der Waals surface area contributed by atoms with Gasteiger partial charge in [0.25, 0.3) is 0 Å². The van der Waals surface area contributed by atoms with Crippen molar-refractivity contribution in [3.8, 4) is 11.5 Å². The maximum absolute atomic E-state index is 5.31. The van der Waals surface area contributed by atoms with Crippen molar-refractivity contribution in [3.05, 3.63) is 36.9 Å². The molecule has 8 heteroatoms. The summed E-state index contributed by atoms with van der Waals surface area (Å²) in [5.41, 5.74) is 0.880. The average molecular weight is 445 g/mol. The van der Waals surface area contributed by atoms with Crippen LogP contribution in [-0.4, -0.2) is 42.8 Å². The maximum Gasteiger partial charge on any atom is 0.195 e. The van der Waals surface area contributed by atoms with Crippen molar-refractivity contribution in [2.75, 3.05) is 32.6 Å². The molecule has 0 radical (unpaired) electrons. The van der Waals surface area contributed by atoms with E-state index in [9.17, 15) is 0 Å². The molecule has 0 aliphatic heterocycles. The summed E-state index contributed by atoms with van der Waals surface area (Å²) >= 11 is 0. The van der Waals surface area contributed by atoms with Crippen molar-refractivity contribution in [2.24, 2.45) is 4.99 Å². The Morgan fingerprint density at radius 1 is 1.25 bits per heavy atom. The van der Waals surface area contributed by atoms with Gasteiger partial charge in [-0.2, -0.15) is 0 Å². The van der Waals surface area contributed by atoms with Crippen molar-refractivity contribution in [1.82, 2.24) is 14.9 Å². The Kier molecular flexibility index (Phi) is 8.98. The van der Waals surface area contributed by atoms with Crippen LogP contribution < -0.4 is 20.1 Å². The summed E-state index contributed by atoms with van der Waals surface area (Å²) in [6, 6.07) is 5.65. The summed E-state index contributed by atoms with van der Waals surface area (Å²) in [6.07, 6.45) is 5.46. The number of imidazole rings is 1. The minimum Gasteiger partial charge on any atom is -0.493 e. The van der Waals surface area contributed by atoms with Gasteiger partial charge in [0.15, 0.2) is 17.5 Å². The number of halogens is 1. The van der Waals surface area contributed by atoms with Gasteiger partial charge in [-0.25, -0.2) is 4.98 Å². The SMILES string of the molecule is CCNC(=NCCn1ccnc1)Nc1ccc(OC)c(OC)c1.I. The lowest BCUT2D eigenvalue weighted by molar-refractivity contribution is 0.355. The van der Waals surface area contributed by atoms with Crippen LogP contribution in [0.15, 0.2) is 41.9 Å². The summed E-state index contributed by atoms with van der Waals surface area (Å²) in [6.45, 7) is 4.24. The van der Waals surface area contributed by atoms with Crippen LogP contribution in [0.3, 0.4) is 0 Å². The third-order valence-corrected chi connectivity index (χ3v) is 3.18. The smallest absolute Gasteiger partial charge is 0.195 e. The summed E-state index contributed by atoms with van der Waals surface area (Å²) in [5, 5.41) is 6.48. The molecule has 0 fully saturated rings. The van der Waals surface area contributed by atoms with E-state index < -0.39 is 0 Å². The van der Waals surface area contributed by atoms with Gasteiger partial charge in [0.1, 0.15) is 0 Å². The third kappa shape index (κ3) is 5.91. The number of anilines is 1. The second kappa shape index (κ2) is 10.7. The highest BCUT2D eigenvalue weighted by molar-refractivity contribution is 14.0. The molecule has 0 aliphatic rings. The number of methoxy groups -OCH3 is 2. The lowest BCUT2D eigenvalue weighted by Gasteiger charge is -2.13. The zero-order chi connectivity index (χ0) is 16.5. The molecule has 0 saturated heterocycles. The van der Waals surface area contributed by atoms with E-state index in [1.165, 1.54) is 0 Å². The number of nitrogens with zero attached hydrogens (tertiary/aromatic N) is 3. The van der Waals surface area contributed by atoms with Gasteiger partial charge in [-0.1, -0.05) is 0 Å². The number of hydrogen-bond acceptors (Lipinski definition) is 4. The molecule has 1 aromatic carbocycles. The molecular weight excluding hydrogens is 421 g/mol. The Bertz CT molecular complexity index is 631. The van der Waals surface area contributed by atoms with E-state index in [0.29, 0.717) is 18.0 Å². The van der Waals surface area contributed by atoms with Crippen LogP contribution in [0, 0.1) is 0 Å². The number of ether oxygens (including phenoxy) is 2. The van der Waals surface area contributed by atoms with E-state index in [1.54, 1.807) is 26.7 Å². The van der Waals surface area contributed by atoms with Gasteiger partial charge in [-0.3, -0.25) is 4.99 Å². The van der Waals surface area contributed by atoms with Gasteiger partial charge in [0, 0.05) is 37.2 Å². The molecule has 0 aliphatic carbocycles. The standard InChI is InChI=1S/C16H23N5O2.HI/c1-4-18-16(19-8-10-21-9-7-17-12-21)20-13-5-6-14(22-2)15(11-13)23-3;/h5-7,9,11-12H,4,8,10H2,1-3H3,(H2,18,19,20);1H. The van der Waals surface area contributed by atoms with Crippen LogP contribution >= 0.6 is 24.0 Å². The molecule has 1 aromatic heterocycles. The van der Waals surface area contributed by atoms with Gasteiger partial charge >= 0.3 is 0 Å². The highest BCUT2D eigenvalue weighted by Gasteiger charge is 2.06. The quantitative estimate of drug-likeness (QED) is 0.390. The molecule has 0 amide bonds. The van der Waals surface area contributed by atoms with Gasteiger partial charge < -0.3 is 24.7 Å². The minimum atomic E-state index is 0. The number of hydrogen-bond donors (Lipinski definition) is 2. The van der Waals surface area contributed by atoms with Crippen LogP contribution in [0.4, 0.5) is 5.69 Å². The first kappa shape index (κ1) is 20.1. The first-order valence-electron chi connectivity index (χ1n) is 7.50. The first-order valence-corrected chi connectivity index (χ1v) is 7.50. The fourth-order valence-corrected chi connectivity index (χ4v) is 2.05. The lowest BCUT2D eigenvalue weighted by atomic mass is 10.3. The molecule has 1 heterocycles. The summed E-state index contributed by atoms with van der Waals surface area (Å²) in [4.78, 5) is 8.57. The van der Waals surface area contributed by atoms with E-state index in [4.69, 9.17) is 9.47 Å². The van der Waals surface area contributed by atoms with Crippen molar-refractivity contribution >= 4 is 35.6 Å². The molecule has 0 saturated carbocycles. The molecule has 132 valence electrons. The highest BCUT2D eigenvalue weighted by Crippen LogP contribution is 2.29. The van der Waals surface area contributed by atoms with Gasteiger partial charge in [0.2, 0.25) is 0 Å². The molecule has 24 heavy (non-hydrogen) atoms. The topological polar surface area (TPSA) is 72.7 Å². The highest BCUT2D eigenvalue weighted by atomic mass is 127. The number of aliphatic imine (C=N–C) groups is 1. The van der Waals surface area contributed by atoms with Crippen molar-refractivity contribution < 1.29 is 9.47 Å². The van der Waals surface area contributed by atoms with Crippen LogP contribution in [0.5, 0.6) is 11.5 Å². The Labute approximate surface area is 159 Å². The van der Waals surface area contributed by atoms with E-state index in [0.717, 1.165) is 24.7 Å². The van der Waals surface area contributed by atoms with Crippen LogP contribution in [-0.2, 0) is 6.54 Å². The largest absolute Gasteiger partial charge is 0.493 e. The molecular formula is C16H24IN5O2. The summed E-state index contributed by atoms with van der Waals surface area (Å²) in [7, 11) is 3.23. The molecule has 0 unspecified atom stereocenters. The van der Waals surface area contributed by atoms with Crippen LogP contribution in [0.2, 0.25) is 0 Å². The second-order valence-electron chi connectivity index (χ2n) is 4.76. The molecule has 0 bridgehead atoms. The predicted molar refractivity (Wildman–Crippen MR) is 107 cm³/mol. The zero-order valence-electron chi connectivity index (χ0n) is 14.2. The average Bonchev–Trinajstić information content (AvgIpc) is 3.08. The Morgan fingerprint density at radius 3 is 2.67 bits per heavy atom. The predicted octanol–water partition coefficient (Wildman–Crippen LogP) is 2.60. The molecule has 0 spiro atoms. The number of rotatable bonds is 7. The fraction of sp³-hybridized carbons (Fsp3) is 0.375. The first-order chi connectivity index (χ1) is 11.3. The Balaban J connectivity index is 0.00000288. The third-order valence-electron chi connectivity index (χ3n) is 3.18. The molecule has 2 rings (SSSR count). The van der Waals surface area contributed by atoms with Gasteiger partial charge in [0.05, 0.1) is 27.1 Å². The second-order valence-corrected chi connectivity index (χ2v) is 4.76. The van der Waals surface area contributed by atoms with Crippen molar-refractivity contribution in [1.29, 1.82) is 0 Å². The van der Waals surface area contributed by atoms with Crippen molar-refractivity contribution in [3.63, 3.8) is 0 Å². The zero-order valence-corrected chi connectivity index (χ0v) is 16.5. The van der Waals surface area contributed by atoms with E-state index >= 15 is 0 Å². The monoisotopic (exact) mass is 445 g/mol. The minimum absolute atomic E-state index is 0. The Hall–Kier alpha value is -1.97. The number of nitrogens with one attached hydrogen (secondary N) is 2. The number of aromatic nitrogens is 2. The van der Waals surface area contributed by atoms with Crippen LogP contribution in [0.25, 0.3) is 0 Å². The lowest BCUT2D eigenvalue weighted by Crippen LogP contribution is -2.31. The molecule has 2 N–H and O–H groups in total. The Morgan fingerprint density at radius 2 is 2.04 bits per heavy atom. The number of benzene rings is 1. The maximum atomic E-state index is 5.31. The van der Waals surface area contributed by atoms with Gasteiger partial charge in [-0.05, 0) is 19.1 Å². The van der Waals surface area contributed by atoms with E-state index in [2.05, 4.69) is 20.6 Å². The summed E-state index contributed by atoms with van der Waals surface area (Å²) < 4.78 is 12.5. The molecule has 0 atom stereocenters. The normalized spacial score (nSPS) is 10.7. The number of guanidine groups is 1. The van der Waals surface area contributed by atoms with Gasteiger partial charge in [-0.15, -0.1) is 24.0 Å². The van der Waals surface area contributed by atoms with E-state index in [1.807, 2.05) is 35.9 Å². The van der Waals surface area contributed by atoms with Crippen LogP contribution in [0.1, 0.15) is 6.92 Å². The van der Waals surface area contributed by atoms with E-state index in [-0.39, 0.29) is 24.0 Å². The molecule has 7 nitrogen and oxygen atoms in total.